The third kappa shape index (κ3) is 2.06. The zero-order chi connectivity index (χ0) is 12.5. The standard InChI is InChI=1S/C13H17BrN4/c1-2-17-8-4-5-10(9-17)13-16-15-12-7-3-6-11(14)18(12)13/h3,6-7,10H,2,4-5,8-9H2,1H3. The SMILES string of the molecule is CCN1CCCC(c2nnc3cccc(Br)n23)C1. The number of fused-ring (bicyclic) bond motifs is 1. The summed E-state index contributed by atoms with van der Waals surface area (Å²) in [6.07, 6.45) is 2.45. The molecule has 0 aromatic carbocycles. The Kier molecular flexibility index (Phi) is 3.35. The summed E-state index contributed by atoms with van der Waals surface area (Å²) in [5.74, 6) is 1.59. The summed E-state index contributed by atoms with van der Waals surface area (Å²) >= 11 is 3.60. The van der Waals surface area contributed by atoms with Crippen LogP contribution in [0.1, 0.15) is 31.5 Å². The number of likely N-dealkylation sites (tertiary alicyclic amines) is 1. The minimum absolute atomic E-state index is 0.493. The highest BCUT2D eigenvalue weighted by Crippen LogP contribution is 2.27. The monoisotopic (exact) mass is 308 g/mol. The molecule has 3 heterocycles. The van der Waals surface area contributed by atoms with Gasteiger partial charge in [-0.1, -0.05) is 13.0 Å². The van der Waals surface area contributed by atoms with Crippen molar-refractivity contribution in [3.05, 3.63) is 28.6 Å². The molecule has 4 nitrogen and oxygen atoms in total. The molecule has 1 saturated heterocycles. The molecule has 1 aliphatic rings. The Bertz CT molecular complexity index is 551. The van der Waals surface area contributed by atoms with Crippen molar-refractivity contribution < 1.29 is 0 Å². The summed E-state index contributed by atoms with van der Waals surface area (Å²) in [4.78, 5) is 2.49. The third-order valence-electron chi connectivity index (χ3n) is 3.72. The number of halogens is 1. The van der Waals surface area contributed by atoms with Crippen LogP contribution < -0.4 is 0 Å². The molecule has 2 aromatic heterocycles. The van der Waals surface area contributed by atoms with E-state index in [4.69, 9.17) is 0 Å². The molecule has 0 radical (unpaired) electrons. The van der Waals surface area contributed by atoms with Gasteiger partial charge in [-0.2, -0.15) is 0 Å². The van der Waals surface area contributed by atoms with E-state index >= 15 is 0 Å². The van der Waals surface area contributed by atoms with Crippen molar-refractivity contribution in [1.82, 2.24) is 19.5 Å². The van der Waals surface area contributed by atoms with Gasteiger partial charge in [0.2, 0.25) is 0 Å². The van der Waals surface area contributed by atoms with Crippen molar-refractivity contribution in [3.8, 4) is 0 Å². The first-order chi connectivity index (χ1) is 8.79. The molecular formula is C13H17BrN4. The molecule has 0 amide bonds. The molecule has 1 aliphatic heterocycles. The summed E-state index contributed by atoms with van der Waals surface area (Å²) in [6, 6.07) is 6.04. The minimum atomic E-state index is 0.493. The zero-order valence-electron chi connectivity index (χ0n) is 10.5. The van der Waals surface area contributed by atoms with Crippen LogP contribution in [-0.4, -0.2) is 39.1 Å². The Balaban J connectivity index is 1.99. The number of rotatable bonds is 2. The largest absolute Gasteiger partial charge is 0.303 e. The second-order valence-corrected chi connectivity index (χ2v) is 5.65. The number of piperidine rings is 1. The van der Waals surface area contributed by atoms with Crippen molar-refractivity contribution in [2.75, 3.05) is 19.6 Å². The van der Waals surface area contributed by atoms with E-state index in [1.165, 1.54) is 19.4 Å². The van der Waals surface area contributed by atoms with Gasteiger partial charge in [0.05, 0.1) is 4.60 Å². The van der Waals surface area contributed by atoms with Gasteiger partial charge in [0.25, 0.3) is 0 Å². The Morgan fingerprint density at radius 3 is 3.11 bits per heavy atom. The van der Waals surface area contributed by atoms with Crippen LogP contribution in [0.15, 0.2) is 22.8 Å². The lowest BCUT2D eigenvalue weighted by Crippen LogP contribution is -2.34. The molecule has 5 heteroatoms. The second kappa shape index (κ2) is 4.97. The molecule has 18 heavy (non-hydrogen) atoms. The highest BCUT2D eigenvalue weighted by Gasteiger charge is 2.24. The lowest BCUT2D eigenvalue weighted by molar-refractivity contribution is 0.213. The molecule has 1 fully saturated rings. The molecule has 0 aliphatic carbocycles. The van der Waals surface area contributed by atoms with Crippen LogP contribution in [-0.2, 0) is 0 Å². The van der Waals surface area contributed by atoms with Crippen molar-refractivity contribution >= 4 is 21.6 Å². The summed E-state index contributed by atoms with van der Waals surface area (Å²) in [5, 5.41) is 8.67. The lowest BCUT2D eigenvalue weighted by atomic mass is 9.97. The van der Waals surface area contributed by atoms with Gasteiger partial charge in [-0.25, -0.2) is 0 Å². The summed E-state index contributed by atoms with van der Waals surface area (Å²) in [7, 11) is 0. The average Bonchev–Trinajstić information content (AvgIpc) is 2.84. The van der Waals surface area contributed by atoms with Crippen LogP contribution in [0.2, 0.25) is 0 Å². The van der Waals surface area contributed by atoms with Crippen LogP contribution >= 0.6 is 15.9 Å². The van der Waals surface area contributed by atoms with Gasteiger partial charge in [0.15, 0.2) is 5.65 Å². The van der Waals surface area contributed by atoms with Crippen molar-refractivity contribution in [3.63, 3.8) is 0 Å². The van der Waals surface area contributed by atoms with Crippen molar-refractivity contribution in [2.45, 2.75) is 25.7 Å². The molecule has 3 rings (SSSR count). The fraction of sp³-hybridized carbons (Fsp3) is 0.538. The first-order valence-corrected chi connectivity index (χ1v) is 7.30. The Morgan fingerprint density at radius 2 is 2.28 bits per heavy atom. The van der Waals surface area contributed by atoms with Crippen LogP contribution in [0.5, 0.6) is 0 Å². The van der Waals surface area contributed by atoms with E-state index in [1.54, 1.807) is 0 Å². The topological polar surface area (TPSA) is 33.4 Å². The van der Waals surface area contributed by atoms with Crippen LogP contribution in [0.25, 0.3) is 5.65 Å². The first-order valence-electron chi connectivity index (χ1n) is 6.51. The van der Waals surface area contributed by atoms with E-state index in [2.05, 4.69) is 42.4 Å². The highest BCUT2D eigenvalue weighted by atomic mass is 79.9. The number of nitrogens with zero attached hydrogens (tertiary/aromatic N) is 4. The molecule has 0 N–H and O–H groups in total. The molecule has 2 aromatic rings. The third-order valence-corrected chi connectivity index (χ3v) is 4.34. The number of hydrogen-bond donors (Lipinski definition) is 0. The first kappa shape index (κ1) is 12.1. The minimum Gasteiger partial charge on any atom is -0.303 e. The fourth-order valence-electron chi connectivity index (χ4n) is 2.74. The average molecular weight is 309 g/mol. The van der Waals surface area contributed by atoms with E-state index in [0.717, 1.165) is 29.2 Å². The fourth-order valence-corrected chi connectivity index (χ4v) is 3.26. The van der Waals surface area contributed by atoms with Gasteiger partial charge in [-0.3, -0.25) is 4.40 Å². The number of aromatic nitrogens is 3. The Labute approximate surface area is 115 Å². The molecule has 0 spiro atoms. The maximum absolute atomic E-state index is 4.40. The predicted molar refractivity (Wildman–Crippen MR) is 74.8 cm³/mol. The van der Waals surface area contributed by atoms with Gasteiger partial charge in [-0.05, 0) is 54.0 Å². The maximum Gasteiger partial charge on any atom is 0.161 e. The van der Waals surface area contributed by atoms with E-state index in [1.807, 2.05) is 18.2 Å². The molecular weight excluding hydrogens is 292 g/mol. The maximum atomic E-state index is 4.40. The van der Waals surface area contributed by atoms with E-state index in [0.29, 0.717) is 5.92 Å². The summed E-state index contributed by atoms with van der Waals surface area (Å²) < 4.78 is 3.16. The zero-order valence-corrected chi connectivity index (χ0v) is 12.1. The molecule has 96 valence electrons. The van der Waals surface area contributed by atoms with Crippen LogP contribution in [0.3, 0.4) is 0 Å². The molecule has 1 unspecified atom stereocenters. The quantitative estimate of drug-likeness (QED) is 0.800. The second-order valence-electron chi connectivity index (χ2n) is 4.83. The smallest absolute Gasteiger partial charge is 0.161 e. The molecule has 0 saturated carbocycles. The Morgan fingerprint density at radius 1 is 1.39 bits per heavy atom. The highest BCUT2D eigenvalue weighted by molar-refractivity contribution is 9.10. The Hall–Kier alpha value is -0.940. The van der Waals surface area contributed by atoms with Gasteiger partial charge < -0.3 is 4.90 Å². The number of likely N-dealkylation sites (N-methyl/N-ethyl adjacent to an activating group) is 1. The normalized spacial score (nSPS) is 21.6. The summed E-state index contributed by atoms with van der Waals surface area (Å²) in [6.45, 7) is 5.65. The van der Waals surface area contributed by atoms with Gasteiger partial charge in [-0.15, -0.1) is 10.2 Å². The van der Waals surface area contributed by atoms with Crippen molar-refractivity contribution in [2.24, 2.45) is 0 Å². The van der Waals surface area contributed by atoms with Gasteiger partial charge in [0, 0.05) is 12.5 Å². The molecule has 1 atom stereocenters. The van der Waals surface area contributed by atoms with Crippen LogP contribution in [0, 0.1) is 0 Å². The van der Waals surface area contributed by atoms with E-state index < -0.39 is 0 Å². The lowest BCUT2D eigenvalue weighted by Gasteiger charge is -2.30. The predicted octanol–water partition coefficient (Wildman–Crippen LogP) is 2.69. The molecule has 0 bridgehead atoms. The van der Waals surface area contributed by atoms with E-state index in [9.17, 15) is 0 Å². The number of hydrogen-bond acceptors (Lipinski definition) is 3. The van der Waals surface area contributed by atoms with Crippen molar-refractivity contribution in [1.29, 1.82) is 0 Å². The van der Waals surface area contributed by atoms with Crippen LogP contribution in [0.4, 0.5) is 0 Å². The van der Waals surface area contributed by atoms with Gasteiger partial charge in [0.1, 0.15) is 5.82 Å². The number of pyridine rings is 1. The van der Waals surface area contributed by atoms with E-state index in [-0.39, 0.29) is 0 Å². The summed E-state index contributed by atoms with van der Waals surface area (Å²) in [5.41, 5.74) is 0.924. The van der Waals surface area contributed by atoms with Gasteiger partial charge >= 0.3 is 0 Å².